The fourth-order valence-corrected chi connectivity index (χ4v) is 1.74. The number of amides is 2. The van der Waals surface area contributed by atoms with Crippen molar-refractivity contribution >= 4 is 12.0 Å². The number of nitrogens with one attached hydrogen (secondary N) is 1. The summed E-state index contributed by atoms with van der Waals surface area (Å²) >= 11 is 0. The van der Waals surface area contributed by atoms with E-state index in [0.29, 0.717) is 11.8 Å². The minimum atomic E-state index is -0.886. The Hall–Kier alpha value is -1.26. The molecule has 0 aromatic carbocycles. The minimum Gasteiger partial charge on any atom is -0.481 e. The monoisotopic (exact) mass is 228 g/mol. The largest absolute Gasteiger partial charge is 0.481 e. The Morgan fingerprint density at radius 3 is 2.31 bits per heavy atom. The second-order valence-electron chi connectivity index (χ2n) is 4.78. The van der Waals surface area contributed by atoms with Crippen molar-refractivity contribution in [2.75, 3.05) is 19.6 Å². The van der Waals surface area contributed by atoms with E-state index in [2.05, 4.69) is 19.2 Å². The average Bonchev–Trinajstić information content (AvgIpc) is 2.55. The summed E-state index contributed by atoms with van der Waals surface area (Å²) in [6, 6.07) is -0.149. The highest BCUT2D eigenvalue weighted by Gasteiger charge is 2.29. The highest BCUT2D eigenvalue weighted by Crippen LogP contribution is 2.21. The minimum absolute atomic E-state index is 0.149. The first-order chi connectivity index (χ1) is 7.41. The van der Waals surface area contributed by atoms with Crippen LogP contribution in [0.3, 0.4) is 0 Å². The lowest BCUT2D eigenvalue weighted by Crippen LogP contribution is -2.41. The average molecular weight is 228 g/mol. The molecule has 2 amide bonds. The summed E-state index contributed by atoms with van der Waals surface area (Å²) in [6.07, 6.45) is 0. The van der Waals surface area contributed by atoms with E-state index in [0.717, 1.165) is 13.1 Å². The van der Waals surface area contributed by atoms with Crippen LogP contribution in [-0.2, 0) is 4.79 Å². The van der Waals surface area contributed by atoms with Crippen LogP contribution in [0.1, 0.15) is 20.8 Å². The fourth-order valence-electron chi connectivity index (χ4n) is 1.74. The summed E-state index contributed by atoms with van der Waals surface area (Å²) in [5, 5.41) is 11.3. The molecule has 0 aliphatic carbocycles. The molecular weight excluding hydrogens is 208 g/mol. The molecule has 1 heterocycles. The number of carbonyl (C=O) groups excluding carboxylic acids is 1. The molecule has 0 saturated carbocycles. The molecule has 1 aliphatic heterocycles. The Morgan fingerprint density at radius 2 is 1.88 bits per heavy atom. The van der Waals surface area contributed by atoms with Crippen molar-refractivity contribution in [2.45, 2.75) is 20.8 Å². The van der Waals surface area contributed by atoms with Crippen LogP contribution in [-0.4, -0.2) is 41.6 Å². The summed E-state index contributed by atoms with van der Waals surface area (Å²) in [5.74, 6) is -0.393. The van der Waals surface area contributed by atoms with Crippen molar-refractivity contribution in [3.63, 3.8) is 0 Å². The Bertz CT molecular complexity index is 270. The summed E-state index contributed by atoms with van der Waals surface area (Å²) in [4.78, 5) is 24.0. The van der Waals surface area contributed by atoms with Gasteiger partial charge in [-0.05, 0) is 11.8 Å². The molecule has 1 fully saturated rings. The van der Waals surface area contributed by atoms with E-state index in [1.807, 2.05) is 0 Å². The van der Waals surface area contributed by atoms with Crippen LogP contribution in [0.5, 0.6) is 0 Å². The van der Waals surface area contributed by atoms with Gasteiger partial charge in [-0.15, -0.1) is 0 Å². The number of hydrogen-bond acceptors (Lipinski definition) is 2. The number of carboxylic acid groups (broad SMARTS) is 1. The van der Waals surface area contributed by atoms with Crippen LogP contribution in [0.4, 0.5) is 4.79 Å². The number of rotatable bonds is 3. The Morgan fingerprint density at radius 1 is 1.38 bits per heavy atom. The third-order valence-electron chi connectivity index (χ3n) is 3.26. The van der Waals surface area contributed by atoms with Gasteiger partial charge in [-0.1, -0.05) is 20.8 Å². The molecule has 5 nitrogen and oxygen atoms in total. The van der Waals surface area contributed by atoms with Gasteiger partial charge in [-0.3, -0.25) is 4.79 Å². The van der Waals surface area contributed by atoms with Crippen LogP contribution in [0.15, 0.2) is 0 Å². The van der Waals surface area contributed by atoms with E-state index >= 15 is 0 Å². The predicted molar refractivity (Wildman–Crippen MR) is 60.1 cm³/mol. The lowest BCUT2D eigenvalue weighted by Gasteiger charge is -2.17. The molecule has 3 unspecified atom stereocenters. The standard InChI is InChI=1S/C11H20N2O3/c1-7(10(14)15)4-12-11(16)13-5-8(2)9(3)6-13/h7-9H,4-6H2,1-3H3,(H,12,16)(H,14,15). The maximum Gasteiger partial charge on any atom is 0.317 e. The number of aliphatic carboxylic acids is 1. The molecule has 92 valence electrons. The molecule has 2 N–H and O–H groups in total. The van der Waals surface area contributed by atoms with Crippen molar-refractivity contribution in [3.8, 4) is 0 Å². The molecule has 3 atom stereocenters. The van der Waals surface area contributed by atoms with Gasteiger partial charge < -0.3 is 15.3 Å². The van der Waals surface area contributed by atoms with Crippen LogP contribution in [0.25, 0.3) is 0 Å². The number of carboxylic acids is 1. The van der Waals surface area contributed by atoms with Gasteiger partial charge in [0.2, 0.25) is 0 Å². The Balaban J connectivity index is 2.34. The zero-order valence-corrected chi connectivity index (χ0v) is 10.1. The maximum atomic E-state index is 11.7. The lowest BCUT2D eigenvalue weighted by atomic mass is 10.0. The molecular formula is C11H20N2O3. The van der Waals surface area contributed by atoms with Crippen LogP contribution >= 0.6 is 0 Å². The molecule has 0 spiro atoms. The van der Waals surface area contributed by atoms with E-state index in [-0.39, 0.29) is 12.6 Å². The Kier molecular flexibility index (Phi) is 4.15. The molecule has 5 heteroatoms. The molecule has 1 aliphatic rings. The summed E-state index contributed by atoms with van der Waals surface area (Å²) < 4.78 is 0. The first-order valence-electron chi connectivity index (χ1n) is 5.67. The van der Waals surface area contributed by atoms with Crippen molar-refractivity contribution in [3.05, 3.63) is 0 Å². The second-order valence-corrected chi connectivity index (χ2v) is 4.78. The zero-order chi connectivity index (χ0) is 12.3. The van der Waals surface area contributed by atoms with Gasteiger partial charge in [-0.2, -0.15) is 0 Å². The highest BCUT2D eigenvalue weighted by atomic mass is 16.4. The fraction of sp³-hybridized carbons (Fsp3) is 0.818. The topological polar surface area (TPSA) is 69.6 Å². The van der Waals surface area contributed by atoms with E-state index in [1.54, 1.807) is 11.8 Å². The SMILES string of the molecule is CC(CNC(=O)N1CC(C)C(C)C1)C(=O)O. The van der Waals surface area contributed by atoms with Crippen LogP contribution in [0.2, 0.25) is 0 Å². The number of urea groups is 1. The number of hydrogen-bond donors (Lipinski definition) is 2. The molecule has 0 radical (unpaired) electrons. The summed E-state index contributed by atoms with van der Waals surface area (Å²) in [7, 11) is 0. The number of likely N-dealkylation sites (tertiary alicyclic amines) is 1. The third kappa shape index (κ3) is 3.12. The van der Waals surface area contributed by atoms with E-state index in [4.69, 9.17) is 5.11 Å². The normalized spacial score (nSPS) is 26.6. The van der Waals surface area contributed by atoms with Gasteiger partial charge in [0.25, 0.3) is 0 Å². The van der Waals surface area contributed by atoms with Crippen molar-refractivity contribution < 1.29 is 14.7 Å². The molecule has 1 rings (SSSR count). The van der Waals surface area contributed by atoms with E-state index in [9.17, 15) is 9.59 Å². The van der Waals surface area contributed by atoms with Crippen LogP contribution < -0.4 is 5.32 Å². The highest BCUT2D eigenvalue weighted by molar-refractivity contribution is 5.76. The number of nitrogens with zero attached hydrogens (tertiary/aromatic N) is 1. The second kappa shape index (κ2) is 5.18. The van der Waals surface area contributed by atoms with Gasteiger partial charge in [0.05, 0.1) is 5.92 Å². The summed E-state index contributed by atoms with van der Waals surface area (Å²) in [6.45, 7) is 7.53. The molecule has 0 aromatic rings. The molecule has 0 bridgehead atoms. The van der Waals surface area contributed by atoms with Gasteiger partial charge in [-0.25, -0.2) is 4.79 Å². The first-order valence-corrected chi connectivity index (χ1v) is 5.67. The van der Waals surface area contributed by atoms with Crippen molar-refractivity contribution in [1.29, 1.82) is 0 Å². The maximum absolute atomic E-state index is 11.7. The quantitative estimate of drug-likeness (QED) is 0.757. The third-order valence-corrected chi connectivity index (χ3v) is 3.26. The Labute approximate surface area is 95.8 Å². The van der Waals surface area contributed by atoms with Gasteiger partial charge in [0, 0.05) is 19.6 Å². The summed E-state index contributed by atoms with van der Waals surface area (Å²) in [5.41, 5.74) is 0. The predicted octanol–water partition coefficient (Wildman–Crippen LogP) is 1.00. The van der Waals surface area contributed by atoms with Gasteiger partial charge >= 0.3 is 12.0 Å². The van der Waals surface area contributed by atoms with Crippen LogP contribution in [0, 0.1) is 17.8 Å². The van der Waals surface area contributed by atoms with E-state index < -0.39 is 11.9 Å². The lowest BCUT2D eigenvalue weighted by molar-refractivity contribution is -0.140. The first kappa shape index (κ1) is 12.8. The van der Waals surface area contributed by atoms with Crippen molar-refractivity contribution in [1.82, 2.24) is 10.2 Å². The van der Waals surface area contributed by atoms with Gasteiger partial charge in [0.1, 0.15) is 0 Å². The molecule has 1 saturated heterocycles. The molecule has 16 heavy (non-hydrogen) atoms. The van der Waals surface area contributed by atoms with E-state index in [1.165, 1.54) is 0 Å². The van der Waals surface area contributed by atoms with Gasteiger partial charge in [0.15, 0.2) is 0 Å². The smallest absolute Gasteiger partial charge is 0.317 e. The number of carbonyl (C=O) groups is 2. The molecule has 0 aromatic heterocycles. The zero-order valence-electron chi connectivity index (χ0n) is 10.1. The van der Waals surface area contributed by atoms with Crippen molar-refractivity contribution in [2.24, 2.45) is 17.8 Å².